The van der Waals surface area contributed by atoms with Gasteiger partial charge in [0.1, 0.15) is 5.76 Å². The predicted molar refractivity (Wildman–Crippen MR) is 60.5 cm³/mol. The van der Waals surface area contributed by atoms with Crippen LogP contribution in [0.1, 0.15) is 37.0 Å². The van der Waals surface area contributed by atoms with Gasteiger partial charge in [-0.3, -0.25) is 0 Å². The summed E-state index contributed by atoms with van der Waals surface area (Å²) in [5, 5.41) is 0. The number of esters is 1. The van der Waals surface area contributed by atoms with E-state index in [0.717, 1.165) is 18.6 Å². The molecule has 0 aliphatic carbocycles. The van der Waals surface area contributed by atoms with Crippen LogP contribution in [0.4, 0.5) is 0 Å². The lowest BCUT2D eigenvalue weighted by Gasteiger charge is -2.06. The Bertz CT molecular complexity index is 339. The second kappa shape index (κ2) is 6.02. The first-order chi connectivity index (χ1) is 7.27. The van der Waals surface area contributed by atoms with E-state index in [4.69, 9.17) is 4.74 Å². The Morgan fingerprint density at radius 2 is 1.93 bits per heavy atom. The normalized spacial score (nSPS) is 11.2. The molecular weight excluding hydrogens is 188 g/mol. The highest BCUT2D eigenvalue weighted by molar-refractivity contribution is 5.89. The summed E-state index contributed by atoms with van der Waals surface area (Å²) in [6.07, 6.45) is 3.55. The van der Waals surface area contributed by atoms with Crippen molar-refractivity contribution < 1.29 is 9.53 Å². The van der Waals surface area contributed by atoms with Crippen LogP contribution in [0.25, 0.3) is 0 Å². The van der Waals surface area contributed by atoms with Gasteiger partial charge >= 0.3 is 5.97 Å². The van der Waals surface area contributed by atoms with Crippen LogP contribution in [0.15, 0.2) is 42.2 Å². The molecule has 0 saturated heterocycles. The van der Waals surface area contributed by atoms with Crippen LogP contribution in [0.5, 0.6) is 0 Å². The van der Waals surface area contributed by atoms with E-state index in [9.17, 15) is 4.79 Å². The van der Waals surface area contributed by atoms with E-state index < -0.39 is 0 Å². The quantitative estimate of drug-likeness (QED) is 0.553. The lowest BCUT2D eigenvalue weighted by Crippen LogP contribution is -2.04. The summed E-state index contributed by atoms with van der Waals surface area (Å²) >= 11 is 0. The van der Waals surface area contributed by atoms with Gasteiger partial charge in [-0.05, 0) is 24.6 Å². The van der Waals surface area contributed by atoms with E-state index >= 15 is 0 Å². The Balaban J connectivity index is 2.67. The predicted octanol–water partition coefficient (Wildman–Crippen LogP) is 3.55. The highest BCUT2D eigenvalue weighted by Crippen LogP contribution is 2.09. The molecule has 1 aromatic carbocycles. The minimum atomic E-state index is -0.280. The molecule has 0 amide bonds. The summed E-state index contributed by atoms with van der Waals surface area (Å²) in [6, 6.07) is 9.03. The summed E-state index contributed by atoms with van der Waals surface area (Å²) in [6.45, 7) is 3.99. The lowest BCUT2D eigenvalue weighted by molar-refractivity contribution is 0.0615. The Morgan fingerprint density at radius 1 is 1.27 bits per heavy atom. The van der Waals surface area contributed by atoms with Gasteiger partial charge in [-0.2, -0.15) is 0 Å². The van der Waals surface area contributed by atoms with Crippen LogP contribution in [-0.2, 0) is 4.74 Å². The molecule has 80 valence electrons. The zero-order chi connectivity index (χ0) is 11.1. The van der Waals surface area contributed by atoms with Crippen molar-refractivity contribution in [3.63, 3.8) is 0 Å². The van der Waals surface area contributed by atoms with Crippen molar-refractivity contribution >= 4 is 5.97 Å². The van der Waals surface area contributed by atoms with Crippen LogP contribution < -0.4 is 0 Å². The molecule has 0 heterocycles. The monoisotopic (exact) mass is 204 g/mol. The molecule has 0 aliphatic heterocycles. The first kappa shape index (κ1) is 11.5. The Hall–Kier alpha value is -1.57. The van der Waals surface area contributed by atoms with Crippen molar-refractivity contribution in [2.45, 2.75) is 26.7 Å². The molecule has 0 N–H and O–H groups in total. The fourth-order valence-electron chi connectivity index (χ4n) is 1.24. The average Bonchev–Trinajstić information content (AvgIpc) is 2.29. The molecule has 1 aromatic rings. The highest BCUT2D eigenvalue weighted by Gasteiger charge is 2.07. The fourth-order valence-corrected chi connectivity index (χ4v) is 1.24. The molecule has 0 saturated carbocycles. The SMILES string of the molecule is CC/C=C(/CC)OC(=O)c1ccccc1. The van der Waals surface area contributed by atoms with Gasteiger partial charge < -0.3 is 4.74 Å². The molecule has 0 aliphatic rings. The minimum absolute atomic E-state index is 0.280. The zero-order valence-electron chi connectivity index (χ0n) is 9.19. The van der Waals surface area contributed by atoms with Gasteiger partial charge in [-0.15, -0.1) is 0 Å². The summed E-state index contributed by atoms with van der Waals surface area (Å²) in [7, 11) is 0. The number of benzene rings is 1. The van der Waals surface area contributed by atoms with Crippen LogP contribution in [-0.4, -0.2) is 5.97 Å². The molecule has 0 unspecified atom stereocenters. The molecule has 2 nitrogen and oxygen atoms in total. The maximum Gasteiger partial charge on any atom is 0.343 e. The van der Waals surface area contributed by atoms with Gasteiger partial charge in [0.25, 0.3) is 0 Å². The van der Waals surface area contributed by atoms with Crippen molar-refractivity contribution in [3.05, 3.63) is 47.7 Å². The molecule has 15 heavy (non-hydrogen) atoms. The number of carbonyl (C=O) groups is 1. The number of rotatable bonds is 4. The maximum atomic E-state index is 11.6. The van der Waals surface area contributed by atoms with Crippen molar-refractivity contribution in [1.82, 2.24) is 0 Å². The molecule has 0 bridgehead atoms. The van der Waals surface area contributed by atoms with E-state index in [1.807, 2.05) is 38.1 Å². The molecule has 0 radical (unpaired) electrons. The smallest absolute Gasteiger partial charge is 0.343 e. The second-order valence-electron chi connectivity index (χ2n) is 3.19. The first-order valence-electron chi connectivity index (χ1n) is 5.24. The minimum Gasteiger partial charge on any atom is -0.428 e. The number of hydrogen-bond donors (Lipinski definition) is 0. The van der Waals surface area contributed by atoms with Crippen molar-refractivity contribution in [2.24, 2.45) is 0 Å². The Labute approximate surface area is 90.6 Å². The third kappa shape index (κ3) is 3.58. The fraction of sp³-hybridized carbons (Fsp3) is 0.308. The van der Waals surface area contributed by atoms with Gasteiger partial charge in [0.2, 0.25) is 0 Å². The molecule has 0 fully saturated rings. The average molecular weight is 204 g/mol. The van der Waals surface area contributed by atoms with Crippen LogP contribution in [0.2, 0.25) is 0 Å². The van der Waals surface area contributed by atoms with Crippen LogP contribution >= 0.6 is 0 Å². The number of carbonyl (C=O) groups excluding carboxylic acids is 1. The number of ether oxygens (including phenoxy) is 1. The largest absolute Gasteiger partial charge is 0.428 e. The number of allylic oxidation sites excluding steroid dienone is 2. The zero-order valence-corrected chi connectivity index (χ0v) is 9.19. The van der Waals surface area contributed by atoms with Crippen molar-refractivity contribution in [3.8, 4) is 0 Å². The van der Waals surface area contributed by atoms with Gasteiger partial charge in [0.15, 0.2) is 0 Å². The van der Waals surface area contributed by atoms with Crippen molar-refractivity contribution in [2.75, 3.05) is 0 Å². The summed E-state index contributed by atoms with van der Waals surface area (Å²) < 4.78 is 5.25. The first-order valence-corrected chi connectivity index (χ1v) is 5.24. The topological polar surface area (TPSA) is 26.3 Å². The molecule has 2 heteroatoms. The van der Waals surface area contributed by atoms with E-state index in [-0.39, 0.29) is 5.97 Å². The summed E-state index contributed by atoms with van der Waals surface area (Å²) in [5.41, 5.74) is 0.591. The molecule has 0 spiro atoms. The molecule has 0 atom stereocenters. The van der Waals surface area contributed by atoms with E-state index in [0.29, 0.717) is 5.56 Å². The Kier molecular flexibility index (Phi) is 4.61. The van der Waals surface area contributed by atoms with Crippen LogP contribution in [0, 0.1) is 0 Å². The standard InChI is InChI=1S/C13H16O2/c1-3-8-12(4-2)15-13(14)11-9-6-5-7-10-11/h5-10H,3-4H2,1-2H3/b12-8-. The molecule has 1 rings (SSSR count). The second-order valence-corrected chi connectivity index (χ2v) is 3.19. The molecular formula is C13H16O2. The van der Waals surface area contributed by atoms with Gasteiger partial charge in [-0.1, -0.05) is 32.0 Å². The van der Waals surface area contributed by atoms with E-state index in [1.165, 1.54) is 0 Å². The van der Waals surface area contributed by atoms with Gasteiger partial charge in [0, 0.05) is 6.42 Å². The van der Waals surface area contributed by atoms with Crippen LogP contribution in [0.3, 0.4) is 0 Å². The van der Waals surface area contributed by atoms with Gasteiger partial charge in [0.05, 0.1) is 5.56 Å². The van der Waals surface area contributed by atoms with E-state index in [2.05, 4.69) is 0 Å². The summed E-state index contributed by atoms with van der Waals surface area (Å²) in [5.74, 6) is 0.462. The molecule has 0 aromatic heterocycles. The van der Waals surface area contributed by atoms with Gasteiger partial charge in [-0.25, -0.2) is 4.79 Å². The van der Waals surface area contributed by atoms with Crippen molar-refractivity contribution in [1.29, 1.82) is 0 Å². The third-order valence-corrected chi connectivity index (χ3v) is 2.01. The van der Waals surface area contributed by atoms with E-state index in [1.54, 1.807) is 12.1 Å². The third-order valence-electron chi connectivity index (χ3n) is 2.01. The Morgan fingerprint density at radius 3 is 2.47 bits per heavy atom. The number of hydrogen-bond acceptors (Lipinski definition) is 2. The highest BCUT2D eigenvalue weighted by atomic mass is 16.5. The maximum absolute atomic E-state index is 11.6. The summed E-state index contributed by atoms with van der Waals surface area (Å²) in [4.78, 5) is 11.6. The lowest BCUT2D eigenvalue weighted by atomic mass is 10.2.